The first-order chi connectivity index (χ1) is 7.15. The smallest absolute Gasteiger partial charge is 0.0489 e. The van der Waals surface area contributed by atoms with Crippen LogP contribution in [0.1, 0.15) is 29.7 Å². The molecule has 15 heavy (non-hydrogen) atoms. The van der Waals surface area contributed by atoms with Gasteiger partial charge >= 0.3 is 0 Å². The minimum Gasteiger partial charge on any atom is -0.361 e. The number of aromatic amines is 1. The van der Waals surface area contributed by atoms with Crippen molar-refractivity contribution in [3.8, 4) is 0 Å². The van der Waals surface area contributed by atoms with E-state index in [9.17, 15) is 0 Å². The summed E-state index contributed by atoms with van der Waals surface area (Å²) in [6.07, 6.45) is 2.12. The third kappa shape index (κ3) is 1.55. The Labute approximate surface area is 90.7 Å². The summed E-state index contributed by atoms with van der Waals surface area (Å²) < 4.78 is 0. The molecular weight excluding hydrogens is 184 g/mol. The van der Waals surface area contributed by atoms with E-state index in [2.05, 4.69) is 49.4 Å². The third-order valence-corrected chi connectivity index (χ3v) is 3.18. The van der Waals surface area contributed by atoms with Crippen molar-refractivity contribution in [3.05, 3.63) is 35.0 Å². The molecule has 1 heterocycles. The van der Waals surface area contributed by atoms with Crippen LogP contribution in [0.2, 0.25) is 0 Å². The summed E-state index contributed by atoms with van der Waals surface area (Å²) in [5, 5.41) is 4.66. The molecule has 0 bridgehead atoms. The van der Waals surface area contributed by atoms with Gasteiger partial charge in [-0.1, -0.05) is 12.1 Å². The number of hydrogen-bond acceptors (Lipinski definition) is 1. The van der Waals surface area contributed by atoms with Crippen LogP contribution in [0.3, 0.4) is 0 Å². The molecule has 0 amide bonds. The van der Waals surface area contributed by atoms with Gasteiger partial charge in [0.15, 0.2) is 0 Å². The Hall–Kier alpha value is -1.28. The van der Waals surface area contributed by atoms with E-state index < -0.39 is 0 Å². The zero-order valence-electron chi connectivity index (χ0n) is 9.81. The molecule has 80 valence electrons. The Kier molecular flexibility index (Phi) is 2.53. The molecule has 0 saturated heterocycles. The van der Waals surface area contributed by atoms with Gasteiger partial charge < -0.3 is 10.3 Å². The van der Waals surface area contributed by atoms with Crippen molar-refractivity contribution in [2.75, 3.05) is 7.05 Å². The number of benzene rings is 1. The highest BCUT2D eigenvalue weighted by Gasteiger charge is 2.12. The molecule has 0 aliphatic carbocycles. The van der Waals surface area contributed by atoms with E-state index in [-0.39, 0.29) is 0 Å². The van der Waals surface area contributed by atoms with Gasteiger partial charge in [0, 0.05) is 23.1 Å². The van der Waals surface area contributed by atoms with E-state index in [0.717, 1.165) is 0 Å². The average Bonchev–Trinajstić information content (AvgIpc) is 2.68. The van der Waals surface area contributed by atoms with Crippen molar-refractivity contribution in [2.45, 2.75) is 26.8 Å². The number of aromatic nitrogens is 1. The summed E-state index contributed by atoms with van der Waals surface area (Å²) >= 11 is 0. The van der Waals surface area contributed by atoms with Crippen molar-refractivity contribution in [3.63, 3.8) is 0 Å². The summed E-state index contributed by atoms with van der Waals surface area (Å²) in [7, 11) is 1.99. The molecule has 2 N–H and O–H groups in total. The fraction of sp³-hybridized carbons (Fsp3) is 0.385. The van der Waals surface area contributed by atoms with Crippen LogP contribution in [0, 0.1) is 13.8 Å². The van der Waals surface area contributed by atoms with Gasteiger partial charge in [-0.05, 0) is 44.5 Å². The highest BCUT2D eigenvalue weighted by molar-refractivity contribution is 5.89. The molecule has 2 rings (SSSR count). The second-order valence-corrected chi connectivity index (χ2v) is 4.20. The van der Waals surface area contributed by atoms with Gasteiger partial charge in [-0.25, -0.2) is 0 Å². The second kappa shape index (κ2) is 3.70. The lowest BCUT2D eigenvalue weighted by Crippen LogP contribution is -2.11. The summed E-state index contributed by atoms with van der Waals surface area (Å²) in [6.45, 7) is 6.50. The van der Waals surface area contributed by atoms with Crippen LogP contribution < -0.4 is 5.32 Å². The molecule has 2 aromatic rings. The zero-order chi connectivity index (χ0) is 11.0. The lowest BCUT2D eigenvalue weighted by molar-refractivity contribution is 0.657. The van der Waals surface area contributed by atoms with Gasteiger partial charge in [-0.15, -0.1) is 0 Å². The maximum Gasteiger partial charge on any atom is 0.0489 e. The number of rotatable bonds is 2. The van der Waals surface area contributed by atoms with Crippen molar-refractivity contribution in [2.24, 2.45) is 0 Å². The van der Waals surface area contributed by atoms with Crippen LogP contribution in [0.4, 0.5) is 0 Å². The predicted molar refractivity (Wildman–Crippen MR) is 65.2 cm³/mol. The predicted octanol–water partition coefficient (Wildman–Crippen LogP) is 3.07. The van der Waals surface area contributed by atoms with Crippen molar-refractivity contribution < 1.29 is 0 Å². The van der Waals surface area contributed by atoms with Crippen LogP contribution in [-0.2, 0) is 0 Å². The Morgan fingerprint density at radius 2 is 1.87 bits per heavy atom. The maximum absolute atomic E-state index is 3.37. The first kappa shape index (κ1) is 10.2. The van der Waals surface area contributed by atoms with Crippen molar-refractivity contribution in [1.29, 1.82) is 0 Å². The monoisotopic (exact) mass is 202 g/mol. The van der Waals surface area contributed by atoms with Crippen LogP contribution >= 0.6 is 0 Å². The standard InChI is InChI=1S/C13H18N2/c1-8-5-6-9(2)13-12(8)11(7-15-13)10(3)14-4/h5-7,10,14-15H,1-4H3. The van der Waals surface area contributed by atoms with Crippen LogP contribution in [0.5, 0.6) is 0 Å². The Balaban J connectivity index is 2.73. The summed E-state index contributed by atoms with van der Waals surface area (Å²) in [4.78, 5) is 3.37. The quantitative estimate of drug-likeness (QED) is 0.769. The Morgan fingerprint density at radius 1 is 1.20 bits per heavy atom. The molecule has 0 aliphatic rings. The second-order valence-electron chi connectivity index (χ2n) is 4.20. The summed E-state index contributed by atoms with van der Waals surface area (Å²) in [6, 6.07) is 4.75. The van der Waals surface area contributed by atoms with E-state index in [1.165, 1.54) is 27.6 Å². The number of aryl methyl sites for hydroxylation is 2. The lowest BCUT2D eigenvalue weighted by Gasteiger charge is -2.10. The molecule has 1 aromatic heterocycles. The fourth-order valence-electron chi connectivity index (χ4n) is 2.09. The van der Waals surface area contributed by atoms with E-state index >= 15 is 0 Å². The molecule has 1 unspecified atom stereocenters. The third-order valence-electron chi connectivity index (χ3n) is 3.18. The largest absolute Gasteiger partial charge is 0.361 e. The maximum atomic E-state index is 3.37. The summed E-state index contributed by atoms with van der Waals surface area (Å²) in [5.74, 6) is 0. The summed E-state index contributed by atoms with van der Waals surface area (Å²) in [5.41, 5.74) is 5.28. The SMILES string of the molecule is CNC(C)c1c[nH]c2c(C)ccc(C)c12. The van der Waals surface area contributed by atoms with Crippen LogP contribution in [0.25, 0.3) is 10.9 Å². The van der Waals surface area contributed by atoms with Gasteiger partial charge in [0.05, 0.1) is 0 Å². The fourth-order valence-corrected chi connectivity index (χ4v) is 2.09. The van der Waals surface area contributed by atoms with E-state index in [4.69, 9.17) is 0 Å². The number of nitrogens with one attached hydrogen (secondary N) is 2. The molecule has 1 atom stereocenters. The molecule has 2 heteroatoms. The van der Waals surface area contributed by atoms with E-state index in [1.54, 1.807) is 0 Å². The minimum atomic E-state index is 0.388. The first-order valence-electron chi connectivity index (χ1n) is 5.39. The molecular formula is C13H18N2. The number of H-pyrrole nitrogens is 1. The van der Waals surface area contributed by atoms with Gasteiger partial charge in [0.2, 0.25) is 0 Å². The molecule has 2 nitrogen and oxygen atoms in total. The molecule has 0 saturated carbocycles. The highest BCUT2D eigenvalue weighted by atomic mass is 14.9. The number of fused-ring (bicyclic) bond motifs is 1. The Morgan fingerprint density at radius 3 is 2.53 bits per heavy atom. The molecule has 0 fully saturated rings. The first-order valence-corrected chi connectivity index (χ1v) is 5.39. The van der Waals surface area contributed by atoms with Crippen LogP contribution in [-0.4, -0.2) is 12.0 Å². The lowest BCUT2D eigenvalue weighted by atomic mass is 10.0. The van der Waals surface area contributed by atoms with Gasteiger partial charge in [0.1, 0.15) is 0 Å². The van der Waals surface area contributed by atoms with Gasteiger partial charge in [-0.3, -0.25) is 0 Å². The molecule has 0 aliphatic heterocycles. The highest BCUT2D eigenvalue weighted by Crippen LogP contribution is 2.28. The minimum absolute atomic E-state index is 0.388. The van der Waals surface area contributed by atoms with Crippen molar-refractivity contribution >= 4 is 10.9 Å². The van der Waals surface area contributed by atoms with Gasteiger partial charge in [0.25, 0.3) is 0 Å². The topological polar surface area (TPSA) is 27.8 Å². The van der Waals surface area contributed by atoms with Gasteiger partial charge in [-0.2, -0.15) is 0 Å². The normalized spacial score (nSPS) is 13.3. The zero-order valence-corrected chi connectivity index (χ0v) is 9.81. The van der Waals surface area contributed by atoms with E-state index in [1.807, 2.05) is 7.05 Å². The molecule has 1 aromatic carbocycles. The van der Waals surface area contributed by atoms with Crippen LogP contribution in [0.15, 0.2) is 18.3 Å². The Bertz CT molecular complexity index is 482. The average molecular weight is 202 g/mol. The molecule has 0 spiro atoms. The van der Waals surface area contributed by atoms with Crippen molar-refractivity contribution in [1.82, 2.24) is 10.3 Å². The molecule has 0 radical (unpaired) electrons. The number of hydrogen-bond donors (Lipinski definition) is 2. The van der Waals surface area contributed by atoms with E-state index in [0.29, 0.717) is 6.04 Å².